The van der Waals surface area contributed by atoms with E-state index in [1.54, 1.807) is 5.32 Å². The quantitative estimate of drug-likeness (QED) is 0.617. The molecule has 2 bridgehead atoms. The molecule has 4 aliphatic rings. The molecule has 36 heavy (non-hydrogen) atoms. The minimum atomic E-state index is -5.20. The number of pyridine rings is 1. The Morgan fingerprint density at radius 1 is 1.17 bits per heavy atom. The summed E-state index contributed by atoms with van der Waals surface area (Å²) < 4.78 is 75.5. The molecule has 6 rings (SSSR count). The topological polar surface area (TPSA) is 101 Å². The second kappa shape index (κ2) is 7.51. The van der Waals surface area contributed by atoms with Gasteiger partial charge in [0.2, 0.25) is 5.43 Å². The van der Waals surface area contributed by atoms with Gasteiger partial charge in [0, 0.05) is 23.9 Å². The highest BCUT2D eigenvalue weighted by Crippen LogP contribution is 2.58. The highest BCUT2D eigenvalue weighted by Gasteiger charge is 2.63. The smallest absolute Gasteiger partial charge is 0.412 e. The van der Waals surface area contributed by atoms with Gasteiger partial charge >= 0.3 is 6.18 Å². The Hall–Kier alpha value is -3.48. The van der Waals surface area contributed by atoms with Crippen LogP contribution in [0, 0.1) is 23.5 Å². The fourth-order valence-electron chi connectivity index (χ4n) is 5.81. The van der Waals surface area contributed by atoms with Crippen molar-refractivity contribution in [3.63, 3.8) is 0 Å². The van der Waals surface area contributed by atoms with E-state index < -0.39 is 64.2 Å². The molecule has 2 saturated carbocycles. The number of hydrogen-bond acceptors (Lipinski definition) is 5. The second-order valence-corrected chi connectivity index (χ2v) is 9.54. The van der Waals surface area contributed by atoms with Crippen molar-refractivity contribution in [2.75, 3.05) is 0 Å². The van der Waals surface area contributed by atoms with E-state index in [2.05, 4.69) is 0 Å². The summed E-state index contributed by atoms with van der Waals surface area (Å²) in [4.78, 5) is 40.3. The van der Waals surface area contributed by atoms with Crippen molar-refractivity contribution in [2.45, 2.75) is 50.0 Å². The fraction of sp³-hybridized carbons (Fsp3) is 0.435. The Labute approximate surface area is 199 Å². The number of amides is 2. The van der Waals surface area contributed by atoms with Gasteiger partial charge < -0.3 is 24.6 Å². The molecule has 3 heterocycles. The maximum atomic E-state index is 14.1. The van der Waals surface area contributed by atoms with Crippen LogP contribution in [0.25, 0.3) is 0 Å². The number of aromatic nitrogens is 1. The van der Waals surface area contributed by atoms with Gasteiger partial charge in [0.15, 0.2) is 23.7 Å². The molecule has 1 saturated heterocycles. The predicted molar refractivity (Wildman–Crippen MR) is 110 cm³/mol. The van der Waals surface area contributed by atoms with Gasteiger partial charge in [-0.1, -0.05) is 6.07 Å². The first-order chi connectivity index (χ1) is 17.0. The van der Waals surface area contributed by atoms with Crippen molar-refractivity contribution in [3.8, 4) is 5.75 Å². The lowest BCUT2D eigenvalue weighted by atomic mass is 10.0. The van der Waals surface area contributed by atoms with Gasteiger partial charge in [-0.2, -0.15) is 13.2 Å². The Morgan fingerprint density at radius 2 is 1.92 bits per heavy atom. The monoisotopic (exact) mass is 511 g/mol. The third kappa shape index (κ3) is 3.32. The number of alkyl halides is 3. The number of rotatable bonds is 3. The minimum Gasteiger partial charge on any atom is -0.503 e. The molecule has 2 amide bonds. The Balaban J connectivity index is 1.35. The van der Waals surface area contributed by atoms with Gasteiger partial charge in [0.05, 0.1) is 12.6 Å². The van der Waals surface area contributed by atoms with Gasteiger partial charge in [-0.25, -0.2) is 8.78 Å². The van der Waals surface area contributed by atoms with Gasteiger partial charge in [-0.3, -0.25) is 14.4 Å². The van der Waals surface area contributed by atoms with E-state index in [1.165, 1.54) is 4.90 Å². The number of halogens is 5. The normalized spacial score (nSPS) is 28.8. The van der Waals surface area contributed by atoms with Crippen LogP contribution in [-0.2, 0) is 11.3 Å². The summed E-state index contributed by atoms with van der Waals surface area (Å²) in [7, 11) is 0. The SMILES string of the molecule is O=C(N[C@@H](c1ccc(F)cc1F)C(F)(F)F)c1cn2c(c(O)c1=O)C(=O)N1[C@H](C2)O[C@@H]2C[C@H]1[C@H]1C[C@H]12. The van der Waals surface area contributed by atoms with Crippen molar-refractivity contribution >= 4 is 11.8 Å². The predicted octanol–water partition coefficient (Wildman–Crippen LogP) is 2.45. The first-order valence-corrected chi connectivity index (χ1v) is 11.2. The van der Waals surface area contributed by atoms with Crippen LogP contribution >= 0.6 is 0 Å². The molecule has 0 spiro atoms. The van der Waals surface area contributed by atoms with E-state index in [9.17, 15) is 41.4 Å². The molecule has 0 radical (unpaired) electrons. The van der Waals surface area contributed by atoms with E-state index in [1.807, 2.05) is 0 Å². The molecule has 3 fully saturated rings. The largest absolute Gasteiger partial charge is 0.503 e. The number of carbonyl (C=O) groups excluding carboxylic acids is 2. The molecule has 8 nitrogen and oxygen atoms in total. The van der Waals surface area contributed by atoms with E-state index in [0.717, 1.165) is 17.2 Å². The van der Waals surface area contributed by atoms with Gasteiger partial charge in [-0.05, 0) is 30.7 Å². The van der Waals surface area contributed by atoms with Crippen LogP contribution in [0.2, 0.25) is 0 Å². The van der Waals surface area contributed by atoms with Crippen LogP contribution in [0.4, 0.5) is 22.0 Å². The number of fused-ring (bicyclic) bond motifs is 8. The molecule has 2 aromatic rings. The lowest BCUT2D eigenvalue weighted by Gasteiger charge is -2.45. The standard InChI is InChI=1S/C23H18F5N3O5/c24-8-1-2-9(13(25)3-8)20(23(26,27)28)29-21(34)12-6-30-7-16-31(22(35)17(30)19(33)18(12)32)14-5-15(36-16)11-4-10(11)14/h1-3,6,10-11,14-16,20,33H,4-5,7H2,(H,29,34)/t10-,11+,14-,15+,16-,20-/m0/s1. The molecular formula is C23H18F5N3O5. The molecule has 2 aliphatic heterocycles. The van der Waals surface area contributed by atoms with Crippen molar-refractivity contribution in [1.82, 2.24) is 14.8 Å². The summed E-state index contributed by atoms with van der Waals surface area (Å²) in [6, 6.07) is -1.63. The molecule has 2 aliphatic carbocycles. The number of nitrogens with one attached hydrogen (secondary N) is 1. The molecule has 190 valence electrons. The van der Waals surface area contributed by atoms with Crippen LogP contribution in [0.5, 0.6) is 5.75 Å². The maximum absolute atomic E-state index is 14.1. The molecular weight excluding hydrogens is 493 g/mol. The third-order valence-electron chi connectivity index (χ3n) is 7.50. The molecule has 2 N–H and O–H groups in total. The van der Waals surface area contributed by atoms with Crippen LogP contribution in [-0.4, -0.2) is 50.9 Å². The Morgan fingerprint density at radius 3 is 2.61 bits per heavy atom. The summed E-state index contributed by atoms with van der Waals surface area (Å²) in [5.74, 6) is -5.32. The average molecular weight is 511 g/mol. The summed E-state index contributed by atoms with van der Waals surface area (Å²) in [6.07, 6.45) is -3.47. The Bertz CT molecular complexity index is 1380. The Kier molecular flexibility index (Phi) is 4.79. The number of aromatic hydroxyl groups is 1. The van der Waals surface area contributed by atoms with E-state index >= 15 is 0 Å². The first-order valence-electron chi connectivity index (χ1n) is 11.2. The zero-order valence-electron chi connectivity index (χ0n) is 18.3. The molecule has 13 heteroatoms. The zero-order valence-corrected chi connectivity index (χ0v) is 18.3. The first kappa shape index (κ1) is 23.0. The van der Waals surface area contributed by atoms with E-state index in [4.69, 9.17) is 4.74 Å². The van der Waals surface area contributed by atoms with Crippen molar-refractivity contribution in [3.05, 3.63) is 63.1 Å². The molecule has 6 atom stereocenters. The zero-order chi connectivity index (χ0) is 25.7. The van der Waals surface area contributed by atoms with Gasteiger partial charge in [0.25, 0.3) is 11.8 Å². The highest BCUT2D eigenvalue weighted by molar-refractivity contribution is 5.99. The molecule has 1 aromatic heterocycles. The minimum absolute atomic E-state index is 0.0236. The van der Waals surface area contributed by atoms with E-state index in [0.29, 0.717) is 30.4 Å². The summed E-state index contributed by atoms with van der Waals surface area (Å²) in [5, 5.41) is 12.1. The maximum Gasteiger partial charge on any atom is 0.412 e. The molecule has 0 unspecified atom stereocenters. The second-order valence-electron chi connectivity index (χ2n) is 9.54. The lowest BCUT2D eigenvalue weighted by Crippen LogP contribution is -2.58. The summed E-state index contributed by atoms with van der Waals surface area (Å²) in [5.41, 5.74) is -3.67. The van der Waals surface area contributed by atoms with E-state index in [-0.39, 0.29) is 30.5 Å². The van der Waals surface area contributed by atoms with Crippen molar-refractivity contribution in [1.29, 1.82) is 0 Å². The van der Waals surface area contributed by atoms with Crippen molar-refractivity contribution in [2.24, 2.45) is 11.8 Å². The fourth-order valence-corrected chi connectivity index (χ4v) is 5.81. The van der Waals surface area contributed by atoms with Crippen LogP contribution in [0.3, 0.4) is 0 Å². The highest BCUT2D eigenvalue weighted by atomic mass is 19.4. The number of nitrogens with zero attached hydrogens (tertiary/aromatic N) is 2. The number of ether oxygens (including phenoxy) is 1. The third-order valence-corrected chi connectivity index (χ3v) is 7.50. The lowest BCUT2D eigenvalue weighted by molar-refractivity contribution is -0.155. The number of carbonyl (C=O) groups is 2. The number of hydrogen-bond donors (Lipinski definition) is 2. The van der Waals surface area contributed by atoms with Gasteiger partial charge in [-0.15, -0.1) is 0 Å². The van der Waals surface area contributed by atoms with Crippen LogP contribution in [0.1, 0.15) is 45.3 Å². The summed E-state index contributed by atoms with van der Waals surface area (Å²) >= 11 is 0. The van der Waals surface area contributed by atoms with Crippen LogP contribution < -0.4 is 10.7 Å². The average Bonchev–Trinajstić information content (AvgIpc) is 3.54. The summed E-state index contributed by atoms with van der Waals surface area (Å²) in [6.45, 7) is -0.0447. The van der Waals surface area contributed by atoms with Gasteiger partial charge in [0.1, 0.15) is 17.2 Å². The number of benzene rings is 1. The molecule has 1 aromatic carbocycles. The van der Waals surface area contributed by atoms with Crippen LogP contribution in [0.15, 0.2) is 29.2 Å². The van der Waals surface area contributed by atoms with Crippen molar-refractivity contribution < 1.29 is 41.4 Å².